The van der Waals surface area contributed by atoms with Crippen LogP contribution in [0.15, 0.2) is 48.5 Å². The molecule has 0 N–H and O–H groups in total. The first kappa shape index (κ1) is 18.2. The van der Waals surface area contributed by atoms with Crippen molar-refractivity contribution in [1.82, 2.24) is 9.88 Å². The number of benzene rings is 1. The molecule has 1 fully saturated rings. The van der Waals surface area contributed by atoms with Gasteiger partial charge in [0, 0.05) is 6.07 Å². The van der Waals surface area contributed by atoms with Crippen molar-refractivity contribution in [2.24, 2.45) is 0 Å². The van der Waals surface area contributed by atoms with Crippen LogP contribution in [0.4, 0.5) is 13.2 Å². The Hall–Kier alpha value is -2.57. The van der Waals surface area contributed by atoms with Crippen molar-refractivity contribution < 1.29 is 22.7 Å². The summed E-state index contributed by atoms with van der Waals surface area (Å²) in [7, 11) is 0. The first-order chi connectivity index (χ1) is 12.4. The number of nitrogens with zero attached hydrogens (tertiary/aromatic N) is 2. The lowest BCUT2D eigenvalue weighted by atomic mass is 9.93. The Labute approximate surface area is 149 Å². The van der Waals surface area contributed by atoms with E-state index in [-0.39, 0.29) is 23.8 Å². The number of aromatic nitrogens is 1. The van der Waals surface area contributed by atoms with Gasteiger partial charge >= 0.3 is 6.18 Å². The average molecular weight is 364 g/mol. The molecular formula is C19H19F3N2O2. The lowest BCUT2D eigenvalue weighted by molar-refractivity contribution is -0.142. The van der Waals surface area contributed by atoms with Crippen LogP contribution in [-0.4, -0.2) is 35.0 Å². The molecule has 2 heterocycles. The standard InChI is InChI=1S/C19H19F3N2O2/c1-2-15(13-7-4-3-5-8-13)18(25)24-11-14(12-24)26-17-10-6-9-16(23-17)19(20,21)22/h3-10,14-15H,2,11-12H2,1H3. The van der Waals surface area contributed by atoms with Crippen LogP contribution in [0.5, 0.6) is 5.88 Å². The van der Waals surface area contributed by atoms with Crippen LogP contribution in [0, 0.1) is 0 Å². The number of hydrogen-bond donors (Lipinski definition) is 0. The van der Waals surface area contributed by atoms with Crippen molar-refractivity contribution in [3.05, 3.63) is 59.8 Å². The van der Waals surface area contributed by atoms with Crippen LogP contribution in [-0.2, 0) is 11.0 Å². The van der Waals surface area contributed by atoms with E-state index in [0.717, 1.165) is 11.6 Å². The lowest BCUT2D eigenvalue weighted by Gasteiger charge is -2.40. The molecule has 1 aromatic heterocycles. The van der Waals surface area contributed by atoms with Crippen LogP contribution in [0.25, 0.3) is 0 Å². The number of carbonyl (C=O) groups excluding carboxylic acids is 1. The number of amides is 1. The molecule has 7 heteroatoms. The highest BCUT2D eigenvalue weighted by Crippen LogP contribution is 2.30. The Bertz CT molecular complexity index is 759. The van der Waals surface area contributed by atoms with E-state index in [9.17, 15) is 18.0 Å². The number of carbonyl (C=O) groups is 1. The molecule has 138 valence electrons. The minimum atomic E-state index is -4.51. The van der Waals surface area contributed by atoms with Crippen LogP contribution >= 0.6 is 0 Å². The molecule has 1 aliphatic rings. The third-order valence-corrected chi connectivity index (χ3v) is 4.37. The molecule has 0 saturated carbocycles. The molecule has 1 unspecified atom stereocenters. The van der Waals surface area contributed by atoms with Gasteiger partial charge in [0.1, 0.15) is 11.8 Å². The first-order valence-electron chi connectivity index (χ1n) is 8.43. The van der Waals surface area contributed by atoms with E-state index in [1.807, 2.05) is 37.3 Å². The van der Waals surface area contributed by atoms with Crippen LogP contribution in [0.3, 0.4) is 0 Å². The number of likely N-dealkylation sites (tertiary alicyclic amines) is 1. The number of halogens is 3. The van der Waals surface area contributed by atoms with E-state index in [1.165, 1.54) is 12.1 Å². The Morgan fingerprint density at radius 2 is 1.88 bits per heavy atom. The van der Waals surface area contributed by atoms with E-state index in [0.29, 0.717) is 19.5 Å². The highest BCUT2D eigenvalue weighted by molar-refractivity contribution is 5.84. The topological polar surface area (TPSA) is 42.4 Å². The summed E-state index contributed by atoms with van der Waals surface area (Å²) in [4.78, 5) is 17.8. The summed E-state index contributed by atoms with van der Waals surface area (Å²) >= 11 is 0. The zero-order valence-electron chi connectivity index (χ0n) is 14.2. The summed E-state index contributed by atoms with van der Waals surface area (Å²) in [5, 5.41) is 0. The van der Waals surface area contributed by atoms with E-state index in [1.54, 1.807) is 4.90 Å². The summed E-state index contributed by atoms with van der Waals surface area (Å²) in [5.74, 6) is -0.286. The second-order valence-electron chi connectivity index (χ2n) is 6.21. The fourth-order valence-electron chi connectivity index (χ4n) is 2.96. The van der Waals surface area contributed by atoms with Crippen molar-refractivity contribution in [3.63, 3.8) is 0 Å². The van der Waals surface area contributed by atoms with E-state index in [4.69, 9.17) is 4.74 Å². The summed E-state index contributed by atoms with van der Waals surface area (Å²) in [5.41, 5.74) is -0.0266. The van der Waals surface area contributed by atoms with Crippen LogP contribution in [0.2, 0.25) is 0 Å². The van der Waals surface area contributed by atoms with E-state index < -0.39 is 11.9 Å². The zero-order valence-corrected chi connectivity index (χ0v) is 14.2. The maximum Gasteiger partial charge on any atom is 0.433 e. The molecule has 0 spiro atoms. The fraction of sp³-hybridized carbons (Fsp3) is 0.368. The maximum absolute atomic E-state index is 12.7. The number of rotatable bonds is 5. The molecule has 1 amide bonds. The predicted molar refractivity (Wildman–Crippen MR) is 89.7 cm³/mol. The molecule has 2 aromatic rings. The first-order valence-corrected chi connectivity index (χ1v) is 8.43. The van der Waals surface area contributed by atoms with Gasteiger partial charge in [0.2, 0.25) is 11.8 Å². The molecule has 4 nitrogen and oxygen atoms in total. The van der Waals surface area contributed by atoms with Gasteiger partial charge in [-0.1, -0.05) is 43.3 Å². The van der Waals surface area contributed by atoms with Gasteiger partial charge in [0.25, 0.3) is 0 Å². The molecule has 1 aromatic carbocycles. The third-order valence-electron chi connectivity index (χ3n) is 4.37. The van der Waals surface area contributed by atoms with Gasteiger partial charge in [-0.25, -0.2) is 4.98 Å². The zero-order chi connectivity index (χ0) is 18.7. The van der Waals surface area contributed by atoms with Gasteiger partial charge in [-0.05, 0) is 18.1 Å². The Morgan fingerprint density at radius 1 is 1.19 bits per heavy atom. The summed E-state index contributed by atoms with van der Waals surface area (Å²) < 4.78 is 43.5. The number of alkyl halides is 3. The number of hydrogen-bond acceptors (Lipinski definition) is 3. The number of pyridine rings is 1. The molecule has 1 aliphatic heterocycles. The van der Waals surface area contributed by atoms with Gasteiger partial charge in [0.15, 0.2) is 0 Å². The van der Waals surface area contributed by atoms with Gasteiger partial charge < -0.3 is 9.64 Å². The van der Waals surface area contributed by atoms with Gasteiger partial charge in [0.05, 0.1) is 19.0 Å². The van der Waals surface area contributed by atoms with Gasteiger partial charge in [-0.3, -0.25) is 4.79 Å². The molecule has 26 heavy (non-hydrogen) atoms. The normalized spacial score (nSPS) is 16.1. The Kier molecular flexibility index (Phi) is 5.15. The Balaban J connectivity index is 1.58. The monoisotopic (exact) mass is 364 g/mol. The highest BCUT2D eigenvalue weighted by Gasteiger charge is 2.37. The van der Waals surface area contributed by atoms with E-state index in [2.05, 4.69) is 4.98 Å². The SMILES string of the molecule is CCC(C(=O)N1CC(Oc2cccc(C(F)(F)F)n2)C1)c1ccccc1. The quantitative estimate of drug-likeness (QED) is 0.809. The summed E-state index contributed by atoms with van der Waals surface area (Å²) in [6.07, 6.45) is -4.17. The van der Waals surface area contributed by atoms with Crippen molar-refractivity contribution in [1.29, 1.82) is 0 Å². The van der Waals surface area contributed by atoms with Crippen LogP contribution < -0.4 is 4.74 Å². The molecule has 3 rings (SSSR count). The average Bonchev–Trinajstić information content (AvgIpc) is 2.59. The smallest absolute Gasteiger partial charge is 0.433 e. The summed E-state index contributed by atoms with van der Waals surface area (Å²) in [6.45, 7) is 2.65. The van der Waals surface area contributed by atoms with Crippen LogP contribution in [0.1, 0.15) is 30.5 Å². The molecule has 0 radical (unpaired) electrons. The summed E-state index contributed by atoms with van der Waals surface area (Å²) in [6, 6.07) is 13.1. The maximum atomic E-state index is 12.7. The van der Waals surface area contributed by atoms with Crippen molar-refractivity contribution >= 4 is 5.91 Å². The minimum absolute atomic E-state index is 0.00977. The lowest BCUT2D eigenvalue weighted by Crippen LogP contribution is -2.57. The van der Waals surface area contributed by atoms with Gasteiger partial charge in [-0.2, -0.15) is 13.2 Å². The van der Waals surface area contributed by atoms with Gasteiger partial charge in [-0.15, -0.1) is 0 Å². The molecular weight excluding hydrogens is 345 g/mol. The number of ether oxygens (including phenoxy) is 1. The second-order valence-corrected chi connectivity index (χ2v) is 6.21. The third kappa shape index (κ3) is 3.98. The van der Waals surface area contributed by atoms with Crippen molar-refractivity contribution in [2.75, 3.05) is 13.1 Å². The van der Waals surface area contributed by atoms with E-state index >= 15 is 0 Å². The molecule has 1 saturated heterocycles. The second kappa shape index (κ2) is 7.35. The molecule has 0 aliphatic carbocycles. The minimum Gasteiger partial charge on any atom is -0.471 e. The predicted octanol–water partition coefficient (Wildman–Crippen LogP) is 3.88. The fourth-order valence-corrected chi connectivity index (χ4v) is 2.96. The molecule has 0 bridgehead atoms. The van der Waals surface area contributed by atoms with Crippen molar-refractivity contribution in [3.8, 4) is 5.88 Å². The highest BCUT2D eigenvalue weighted by atomic mass is 19.4. The largest absolute Gasteiger partial charge is 0.471 e. The molecule has 1 atom stereocenters. The van der Waals surface area contributed by atoms with Crippen molar-refractivity contribution in [2.45, 2.75) is 31.5 Å². The Morgan fingerprint density at radius 3 is 2.50 bits per heavy atom.